The van der Waals surface area contributed by atoms with Crippen molar-refractivity contribution in [2.45, 2.75) is 19.4 Å². The SMILES string of the molecule is O=C(Nc1ccc2c(c1)OCCO2)c1ccc(CN2CCCC2)cc1. The maximum atomic E-state index is 12.4. The van der Waals surface area contributed by atoms with Crippen molar-refractivity contribution in [2.75, 3.05) is 31.6 Å². The van der Waals surface area contributed by atoms with Crippen LogP contribution in [-0.4, -0.2) is 37.1 Å². The van der Waals surface area contributed by atoms with Crippen molar-refractivity contribution in [1.82, 2.24) is 4.90 Å². The number of rotatable bonds is 4. The zero-order valence-corrected chi connectivity index (χ0v) is 14.2. The van der Waals surface area contributed by atoms with Crippen LogP contribution in [0.5, 0.6) is 11.5 Å². The molecule has 2 heterocycles. The molecule has 5 heteroatoms. The molecule has 2 aliphatic heterocycles. The molecule has 0 aromatic heterocycles. The molecule has 0 unspecified atom stereocenters. The molecule has 1 N–H and O–H groups in total. The minimum atomic E-state index is -0.121. The van der Waals surface area contributed by atoms with Crippen LogP contribution in [0.2, 0.25) is 0 Å². The third-order valence-corrected chi connectivity index (χ3v) is 4.62. The van der Waals surface area contributed by atoms with E-state index in [2.05, 4.69) is 10.2 Å². The summed E-state index contributed by atoms with van der Waals surface area (Å²) in [6, 6.07) is 13.3. The average Bonchev–Trinajstić information content (AvgIpc) is 3.15. The summed E-state index contributed by atoms with van der Waals surface area (Å²) in [6.07, 6.45) is 2.58. The number of nitrogens with zero attached hydrogens (tertiary/aromatic N) is 1. The largest absolute Gasteiger partial charge is 0.486 e. The molecule has 0 radical (unpaired) electrons. The highest BCUT2D eigenvalue weighted by molar-refractivity contribution is 6.04. The maximum absolute atomic E-state index is 12.4. The Morgan fingerprint density at radius 1 is 0.960 bits per heavy atom. The molecule has 5 nitrogen and oxygen atoms in total. The van der Waals surface area contributed by atoms with E-state index in [0.29, 0.717) is 30.2 Å². The number of likely N-dealkylation sites (tertiary alicyclic amines) is 1. The van der Waals surface area contributed by atoms with E-state index in [9.17, 15) is 4.79 Å². The lowest BCUT2D eigenvalue weighted by atomic mass is 10.1. The molecule has 0 spiro atoms. The zero-order chi connectivity index (χ0) is 17.1. The van der Waals surface area contributed by atoms with E-state index in [1.54, 1.807) is 6.07 Å². The van der Waals surface area contributed by atoms with Crippen LogP contribution in [0.15, 0.2) is 42.5 Å². The first-order valence-corrected chi connectivity index (χ1v) is 8.80. The highest BCUT2D eigenvalue weighted by atomic mass is 16.6. The summed E-state index contributed by atoms with van der Waals surface area (Å²) in [4.78, 5) is 14.9. The molecule has 1 amide bonds. The second kappa shape index (κ2) is 7.15. The number of carbonyl (C=O) groups is 1. The Labute approximate surface area is 147 Å². The van der Waals surface area contributed by atoms with E-state index < -0.39 is 0 Å². The highest BCUT2D eigenvalue weighted by Gasteiger charge is 2.14. The van der Waals surface area contributed by atoms with E-state index in [-0.39, 0.29) is 5.91 Å². The standard InChI is InChI=1S/C20H22N2O3/c23-20(21-17-7-8-18-19(13-17)25-12-11-24-18)16-5-3-15(4-6-16)14-22-9-1-2-10-22/h3-8,13H,1-2,9-12,14H2,(H,21,23). The van der Waals surface area contributed by atoms with Crippen molar-refractivity contribution in [2.24, 2.45) is 0 Å². The number of amides is 1. The van der Waals surface area contributed by atoms with Crippen molar-refractivity contribution < 1.29 is 14.3 Å². The Bertz CT molecular complexity index is 752. The molecular formula is C20H22N2O3. The topological polar surface area (TPSA) is 50.8 Å². The maximum Gasteiger partial charge on any atom is 0.255 e. The van der Waals surface area contributed by atoms with Gasteiger partial charge in [0, 0.05) is 23.9 Å². The number of benzene rings is 2. The third-order valence-electron chi connectivity index (χ3n) is 4.62. The van der Waals surface area contributed by atoms with Crippen LogP contribution in [0.4, 0.5) is 5.69 Å². The molecule has 0 saturated carbocycles. The highest BCUT2D eigenvalue weighted by Crippen LogP contribution is 2.32. The first-order chi connectivity index (χ1) is 12.3. The smallest absolute Gasteiger partial charge is 0.255 e. The summed E-state index contributed by atoms with van der Waals surface area (Å²) in [7, 11) is 0. The van der Waals surface area contributed by atoms with Crippen LogP contribution < -0.4 is 14.8 Å². The summed E-state index contributed by atoms with van der Waals surface area (Å²) in [5.74, 6) is 1.27. The molecule has 2 aliphatic rings. The minimum absolute atomic E-state index is 0.121. The predicted octanol–water partition coefficient (Wildman–Crippen LogP) is 3.31. The van der Waals surface area contributed by atoms with Crippen LogP contribution in [0.1, 0.15) is 28.8 Å². The second-order valence-corrected chi connectivity index (χ2v) is 6.49. The summed E-state index contributed by atoms with van der Waals surface area (Å²) >= 11 is 0. The lowest BCUT2D eigenvalue weighted by Gasteiger charge is -2.19. The molecule has 0 aliphatic carbocycles. The van der Waals surface area contributed by atoms with Crippen LogP contribution in [0, 0.1) is 0 Å². The van der Waals surface area contributed by atoms with Crippen LogP contribution in [-0.2, 0) is 6.54 Å². The van der Waals surface area contributed by atoms with Gasteiger partial charge in [-0.1, -0.05) is 12.1 Å². The molecule has 4 rings (SSSR count). The number of nitrogens with one attached hydrogen (secondary N) is 1. The van der Waals surface area contributed by atoms with Gasteiger partial charge < -0.3 is 14.8 Å². The van der Waals surface area contributed by atoms with Gasteiger partial charge in [0.15, 0.2) is 11.5 Å². The molecular weight excluding hydrogens is 316 g/mol. The Kier molecular flexibility index (Phi) is 4.57. The van der Waals surface area contributed by atoms with Gasteiger partial charge in [0.1, 0.15) is 13.2 Å². The number of anilines is 1. The van der Waals surface area contributed by atoms with Crippen LogP contribution in [0.25, 0.3) is 0 Å². The summed E-state index contributed by atoms with van der Waals surface area (Å²) in [5.41, 5.74) is 2.60. The van der Waals surface area contributed by atoms with E-state index in [1.807, 2.05) is 36.4 Å². The van der Waals surface area contributed by atoms with Gasteiger partial charge in [0.25, 0.3) is 5.91 Å². The summed E-state index contributed by atoms with van der Waals surface area (Å²) < 4.78 is 11.0. The fourth-order valence-corrected chi connectivity index (χ4v) is 3.28. The number of fused-ring (bicyclic) bond motifs is 1. The van der Waals surface area contributed by atoms with E-state index in [4.69, 9.17) is 9.47 Å². The first kappa shape index (κ1) is 16.0. The normalized spacial score (nSPS) is 16.6. The third kappa shape index (κ3) is 3.77. The number of hydrogen-bond acceptors (Lipinski definition) is 4. The van der Waals surface area contributed by atoms with Gasteiger partial charge in [0.05, 0.1) is 0 Å². The van der Waals surface area contributed by atoms with E-state index >= 15 is 0 Å². The van der Waals surface area contributed by atoms with Gasteiger partial charge >= 0.3 is 0 Å². The van der Waals surface area contributed by atoms with Crippen molar-refractivity contribution in [3.63, 3.8) is 0 Å². The Morgan fingerprint density at radius 3 is 2.44 bits per heavy atom. The van der Waals surface area contributed by atoms with Crippen LogP contribution in [0.3, 0.4) is 0 Å². The Hall–Kier alpha value is -2.53. The molecule has 0 bridgehead atoms. The lowest BCUT2D eigenvalue weighted by Crippen LogP contribution is -2.18. The van der Waals surface area contributed by atoms with Crippen molar-refractivity contribution in [3.8, 4) is 11.5 Å². The van der Waals surface area contributed by atoms with Gasteiger partial charge in [-0.05, 0) is 55.8 Å². The Balaban J connectivity index is 1.40. The van der Waals surface area contributed by atoms with Gasteiger partial charge in [0.2, 0.25) is 0 Å². The molecule has 1 saturated heterocycles. The summed E-state index contributed by atoms with van der Waals surface area (Å²) in [5, 5.41) is 2.92. The van der Waals surface area contributed by atoms with E-state index in [1.165, 1.54) is 31.5 Å². The van der Waals surface area contributed by atoms with E-state index in [0.717, 1.165) is 12.3 Å². The van der Waals surface area contributed by atoms with Crippen molar-refractivity contribution in [1.29, 1.82) is 0 Å². The zero-order valence-electron chi connectivity index (χ0n) is 14.2. The molecule has 2 aromatic carbocycles. The van der Waals surface area contributed by atoms with Crippen molar-refractivity contribution in [3.05, 3.63) is 53.6 Å². The van der Waals surface area contributed by atoms with Gasteiger partial charge in [-0.2, -0.15) is 0 Å². The first-order valence-electron chi connectivity index (χ1n) is 8.80. The Morgan fingerprint density at radius 2 is 1.68 bits per heavy atom. The monoisotopic (exact) mass is 338 g/mol. The summed E-state index contributed by atoms with van der Waals surface area (Å²) in [6.45, 7) is 4.40. The average molecular weight is 338 g/mol. The number of ether oxygens (including phenoxy) is 2. The van der Waals surface area contributed by atoms with Gasteiger partial charge in [-0.25, -0.2) is 0 Å². The lowest BCUT2D eigenvalue weighted by molar-refractivity contribution is 0.102. The molecule has 25 heavy (non-hydrogen) atoms. The molecule has 1 fully saturated rings. The second-order valence-electron chi connectivity index (χ2n) is 6.49. The van der Waals surface area contributed by atoms with Gasteiger partial charge in [-0.15, -0.1) is 0 Å². The van der Waals surface area contributed by atoms with Gasteiger partial charge in [-0.3, -0.25) is 9.69 Å². The number of carbonyl (C=O) groups excluding carboxylic acids is 1. The fraction of sp³-hybridized carbons (Fsp3) is 0.350. The van der Waals surface area contributed by atoms with Crippen molar-refractivity contribution >= 4 is 11.6 Å². The molecule has 0 atom stereocenters. The van der Waals surface area contributed by atoms with Crippen LogP contribution >= 0.6 is 0 Å². The fourth-order valence-electron chi connectivity index (χ4n) is 3.28. The number of hydrogen-bond donors (Lipinski definition) is 1. The minimum Gasteiger partial charge on any atom is -0.486 e. The quantitative estimate of drug-likeness (QED) is 0.929. The molecule has 2 aromatic rings. The predicted molar refractivity (Wildman–Crippen MR) is 96.3 cm³/mol. The molecule has 130 valence electrons.